The molecule has 0 aliphatic carbocycles. The van der Waals surface area contributed by atoms with E-state index < -0.39 is 5.66 Å². The molecule has 2 aliphatic heterocycles. The maximum absolute atomic E-state index is 13.6. The van der Waals surface area contributed by atoms with Gasteiger partial charge in [-0.05, 0) is 29.7 Å². The highest BCUT2D eigenvalue weighted by molar-refractivity contribution is 6.33. The minimum absolute atomic E-state index is 0.0554. The molecule has 2 amide bonds. The molecule has 1 N–H and O–H groups in total. The normalized spacial score (nSPS) is 19.6. The second-order valence-electron chi connectivity index (χ2n) is 9.10. The molecule has 2 fully saturated rings. The average Bonchev–Trinajstić information content (AvgIpc) is 3.11. The number of halogens is 1. The summed E-state index contributed by atoms with van der Waals surface area (Å²) in [5.41, 5.74) is 2.30. The highest BCUT2D eigenvalue weighted by Gasteiger charge is 2.51. The van der Waals surface area contributed by atoms with E-state index in [-0.39, 0.29) is 17.9 Å². The SMILES string of the molecule is O=C(c1ccccc1Cl)N1CCC2(CC1)NC(Cc1ccccc1)C(=O)N2Cc1ccccc1. The van der Waals surface area contributed by atoms with Crippen molar-refractivity contribution < 1.29 is 9.59 Å². The molecule has 2 saturated heterocycles. The van der Waals surface area contributed by atoms with Crippen LogP contribution in [0.25, 0.3) is 0 Å². The monoisotopic (exact) mass is 473 g/mol. The van der Waals surface area contributed by atoms with E-state index in [0.29, 0.717) is 49.5 Å². The largest absolute Gasteiger partial charge is 0.338 e. The Balaban J connectivity index is 1.37. The molecule has 5 nitrogen and oxygen atoms in total. The first-order chi connectivity index (χ1) is 16.6. The number of rotatable bonds is 5. The maximum atomic E-state index is 13.6. The molecule has 0 radical (unpaired) electrons. The first-order valence-corrected chi connectivity index (χ1v) is 12.1. The lowest BCUT2D eigenvalue weighted by Gasteiger charge is -2.44. The number of likely N-dealkylation sites (tertiary alicyclic amines) is 1. The fourth-order valence-corrected chi connectivity index (χ4v) is 5.36. The summed E-state index contributed by atoms with van der Waals surface area (Å²) < 4.78 is 0. The van der Waals surface area contributed by atoms with Gasteiger partial charge in [0.25, 0.3) is 5.91 Å². The van der Waals surface area contributed by atoms with Crippen molar-refractivity contribution in [3.8, 4) is 0 Å². The minimum Gasteiger partial charge on any atom is -0.338 e. The smallest absolute Gasteiger partial charge is 0.255 e. The van der Waals surface area contributed by atoms with Gasteiger partial charge in [0, 0.05) is 32.5 Å². The molecule has 3 aromatic rings. The Morgan fingerprint density at radius 2 is 1.47 bits per heavy atom. The van der Waals surface area contributed by atoms with Crippen LogP contribution in [0.3, 0.4) is 0 Å². The van der Waals surface area contributed by atoms with Gasteiger partial charge in [0.05, 0.1) is 22.3 Å². The van der Waals surface area contributed by atoms with Crippen LogP contribution in [0, 0.1) is 0 Å². The molecule has 6 heteroatoms. The van der Waals surface area contributed by atoms with Crippen LogP contribution in [0.5, 0.6) is 0 Å². The molecule has 0 bridgehead atoms. The van der Waals surface area contributed by atoms with Crippen LogP contribution in [0.15, 0.2) is 84.9 Å². The van der Waals surface area contributed by atoms with Crippen LogP contribution < -0.4 is 5.32 Å². The van der Waals surface area contributed by atoms with Crippen molar-refractivity contribution >= 4 is 23.4 Å². The summed E-state index contributed by atoms with van der Waals surface area (Å²) in [6.45, 7) is 1.68. The number of carbonyl (C=O) groups excluding carboxylic acids is 2. The summed E-state index contributed by atoms with van der Waals surface area (Å²) in [6, 6.07) is 27.1. The predicted molar refractivity (Wildman–Crippen MR) is 133 cm³/mol. The highest BCUT2D eigenvalue weighted by atomic mass is 35.5. The summed E-state index contributed by atoms with van der Waals surface area (Å²) in [7, 11) is 0. The van der Waals surface area contributed by atoms with Crippen molar-refractivity contribution in [3.05, 3.63) is 107 Å². The van der Waals surface area contributed by atoms with E-state index in [1.807, 2.05) is 58.3 Å². The summed E-state index contributed by atoms with van der Waals surface area (Å²) in [6.07, 6.45) is 2.00. The van der Waals surface area contributed by atoms with Gasteiger partial charge in [-0.3, -0.25) is 14.9 Å². The van der Waals surface area contributed by atoms with Crippen molar-refractivity contribution in [2.75, 3.05) is 13.1 Å². The Hall–Kier alpha value is -3.15. The Morgan fingerprint density at radius 3 is 2.12 bits per heavy atom. The molecule has 1 spiro atoms. The number of benzene rings is 3. The van der Waals surface area contributed by atoms with Crippen LogP contribution in [0.4, 0.5) is 0 Å². The number of carbonyl (C=O) groups is 2. The third-order valence-electron chi connectivity index (χ3n) is 6.97. The number of piperidine rings is 1. The first kappa shape index (κ1) is 22.6. The van der Waals surface area contributed by atoms with Gasteiger partial charge in [0.2, 0.25) is 5.91 Å². The summed E-state index contributed by atoms with van der Waals surface area (Å²) in [5, 5.41) is 4.17. The number of hydrogen-bond acceptors (Lipinski definition) is 3. The van der Waals surface area contributed by atoms with Gasteiger partial charge >= 0.3 is 0 Å². The third kappa shape index (κ3) is 4.46. The molecule has 34 heavy (non-hydrogen) atoms. The molecule has 1 atom stereocenters. The molecule has 174 valence electrons. The Bertz CT molecular complexity index is 1160. The molecule has 0 saturated carbocycles. The third-order valence-corrected chi connectivity index (χ3v) is 7.30. The van der Waals surface area contributed by atoms with E-state index >= 15 is 0 Å². The standard InChI is InChI=1S/C28H28ClN3O2/c29-24-14-8-7-13-23(24)26(33)31-17-15-28(16-18-31)30-25(19-21-9-3-1-4-10-21)27(34)32(28)20-22-11-5-2-6-12-22/h1-14,25,30H,15-20H2. The van der Waals surface area contributed by atoms with Gasteiger partial charge in [0.1, 0.15) is 0 Å². The van der Waals surface area contributed by atoms with Gasteiger partial charge in [-0.15, -0.1) is 0 Å². The van der Waals surface area contributed by atoms with Crippen LogP contribution >= 0.6 is 11.6 Å². The zero-order chi connectivity index (χ0) is 23.5. The predicted octanol–water partition coefficient (Wildman–Crippen LogP) is 4.52. The van der Waals surface area contributed by atoms with E-state index in [1.54, 1.807) is 12.1 Å². The first-order valence-electron chi connectivity index (χ1n) is 11.8. The van der Waals surface area contributed by atoms with Crippen molar-refractivity contribution in [2.24, 2.45) is 0 Å². The van der Waals surface area contributed by atoms with Crippen LogP contribution in [-0.4, -0.2) is 46.4 Å². The molecule has 2 aliphatic rings. The van der Waals surface area contributed by atoms with Crippen molar-refractivity contribution in [2.45, 2.75) is 37.5 Å². The number of amides is 2. The minimum atomic E-state index is -0.469. The van der Waals surface area contributed by atoms with Crippen molar-refractivity contribution in [3.63, 3.8) is 0 Å². The molecule has 2 heterocycles. The fraction of sp³-hybridized carbons (Fsp3) is 0.286. The summed E-state index contributed by atoms with van der Waals surface area (Å²) in [5.74, 6) is 0.0683. The van der Waals surface area contributed by atoms with Crippen LogP contribution in [-0.2, 0) is 17.8 Å². The Kier molecular flexibility index (Phi) is 6.40. The van der Waals surface area contributed by atoms with Crippen molar-refractivity contribution in [1.29, 1.82) is 0 Å². The average molecular weight is 474 g/mol. The number of hydrogen-bond donors (Lipinski definition) is 1. The fourth-order valence-electron chi connectivity index (χ4n) is 5.15. The summed E-state index contributed by atoms with van der Waals surface area (Å²) in [4.78, 5) is 30.6. The molecule has 5 rings (SSSR count). The number of nitrogens with one attached hydrogen (secondary N) is 1. The van der Waals surface area contributed by atoms with E-state index in [1.165, 1.54) is 0 Å². The van der Waals surface area contributed by atoms with Crippen molar-refractivity contribution in [1.82, 2.24) is 15.1 Å². The van der Waals surface area contributed by atoms with Gasteiger partial charge < -0.3 is 9.80 Å². The van der Waals surface area contributed by atoms with Gasteiger partial charge in [-0.1, -0.05) is 84.4 Å². The van der Waals surface area contributed by atoms with Gasteiger partial charge in [-0.2, -0.15) is 0 Å². The van der Waals surface area contributed by atoms with E-state index in [2.05, 4.69) is 29.6 Å². The quantitative estimate of drug-likeness (QED) is 0.593. The second kappa shape index (κ2) is 9.61. The molecule has 0 aromatic heterocycles. The molecular formula is C28H28ClN3O2. The zero-order valence-electron chi connectivity index (χ0n) is 19.0. The Labute approximate surface area is 205 Å². The summed E-state index contributed by atoms with van der Waals surface area (Å²) >= 11 is 6.27. The lowest BCUT2D eigenvalue weighted by atomic mass is 9.94. The van der Waals surface area contributed by atoms with Crippen LogP contribution in [0.1, 0.15) is 34.3 Å². The molecular weight excluding hydrogens is 446 g/mol. The van der Waals surface area contributed by atoms with Gasteiger partial charge in [-0.25, -0.2) is 0 Å². The number of nitrogens with zero attached hydrogens (tertiary/aromatic N) is 2. The lowest BCUT2D eigenvalue weighted by molar-refractivity contribution is -0.134. The van der Waals surface area contributed by atoms with E-state index in [9.17, 15) is 9.59 Å². The second-order valence-corrected chi connectivity index (χ2v) is 9.51. The maximum Gasteiger partial charge on any atom is 0.255 e. The van der Waals surface area contributed by atoms with E-state index in [4.69, 9.17) is 11.6 Å². The molecule has 1 unspecified atom stereocenters. The highest BCUT2D eigenvalue weighted by Crippen LogP contribution is 2.35. The molecule has 3 aromatic carbocycles. The topological polar surface area (TPSA) is 52.7 Å². The lowest BCUT2D eigenvalue weighted by Crippen LogP contribution is -2.59. The van der Waals surface area contributed by atoms with E-state index in [0.717, 1.165) is 11.1 Å². The Morgan fingerprint density at radius 1 is 0.882 bits per heavy atom. The van der Waals surface area contributed by atoms with Gasteiger partial charge in [0.15, 0.2) is 0 Å². The van der Waals surface area contributed by atoms with Crippen LogP contribution in [0.2, 0.25) is 5.02 Å². The zero-order valence-corrected chi connectivity index (χ0v) is 19.7.